The van der Waals surface area contributed by atoms with Gasteiger partial charge in [-0.3, -0.25) is 9.69 Å². The second-order valence-electron chi connectivity index (χ2n) is 6.03. The van der Waals surface area contributed by atoms with E-state index in [2.05, 4.69) is 16.3 Å². The van der Waals surface area contributed by atoms with E-state index in [4.69, 9.17) is 4.74 Å². The lowest BCUT2D eigenvalue weighted by atomic mass is 10.1. The molecule has 1 aromatic carbocycles. The second kappa shape index (κ2) is 8.52. The maximum absolute atomic E-state index is 12.7. The van der Waals surface area contributed by atoms with Gasteiger partial charge in [-0.15, -0.1) is 12.4 Å². The van der Waals surface area contributed by atoms with Gasteiger partial charge in [0.25, 0.3) is 5.91 Å². The summed E-state index contributed by atoms with van der Waals surface area (Å²) in [7, 11) is 1.73. The van der Waals surface area contributed by atoms with Crippen molar-refractivity contribution >= 4 is 24.0 Å². The Balaban J connectivity index is 0.00000192. The number of hydrogen-bond acceptors (Lipinski definition) is 4. The van der Waals surface area contributed by atoms with Crippen LogP contribution in [0.2, 0.25) is 0 Å². The molecule has 1 aromatic rings. The van der Waals surface area contributed by atoms with Gasteiger partial charge < -0.3 is 15.0 Å². The molecular formula is C17H26ClN3O2. The lowest BCUT2D eigenvalue weighted by Gasteiger charge is -2.22. The Morgan fingerprint density at radius 3 is 2.96 bits per heavy atom. The first-order valence-corrected chi connectivity index (χ1v) is 8.15. The number of amides is 1. The number of ether oxygens (including phenoxy) is 1. The predicted octanol–water partition coefficient (Wildman–Crippen LogP) is 1.87. The third-order valence-electron chi connectivity index (χ3n) is 4.55. The van der Waals surface area contributed by atoms with E-state index in [1.807, 2.05) is 17.0 Å². The van der Waals surface area contributed by atoms with E-state index in [0.717, 1.165) is 64.3 Å². The molecule has 0 saturated carbocycles. The van der Waals surface area contributed by atoms with Gasteiger partial charge in [-0.1, -0.05) is 0 Å². The molecule has 0 unspecified atom stereocenters. The van der Waals surface area contributed by atoms with Crippen LogP contribution in [0.1, 0.15) is 22.3 Å². The third-order valence-corrected chi connectivity index (χ3v) is 4.55. The van der Waals surface area contributed by atoms with Gasteiger partial charge in [0.15, 0.2) is 0 Å². The molecule has 0 atom stereocenters. The summed E-state index contributed by atoms with van der Waals surface area (Å²) in [6, 6.07) is 6.05. The molecule has 6 heteroatoms. The standard InChI is InChI=1S/C17H25N3O2.ClH/c1-22-12-11-19-7-2-8-20(10-9-19)17(21)15-3-4-16-14(13-15)5-6-18-16;/h3-4,13,18H,2,5-12H2,1H3;1H. The minimum absolute atomic E-state index is 0. The van der Waals surface area contributed by atoms with Crippen molar-refractivity contribution in [2.45, 2.75) is 12.8 Å². The van der Waals surface area contributed by atoms with Crippen molar-refractivity contribution < 1.29 is 9.53 Å². The highest BCUT2D eigenvalue weighted by Gasteiger charge is 2.21. The minimum Gasteiger partial charge on any atom is -0.384 e. The van der Waals surface area contributed by atoms with Crippen LogP contribution in [0.5, 0.6) is 0 Å². The summed E-state index contributed by atoms with van der Waals surface area (Å²) >= 11 is 0. The molecule has 1 amide bonds. The van der Waals surface area contributed by atoms with E-state index in [9.17, 15) is 4.79 Å². The van der Waals surface area contributed by atoms with Crippen LogP contribution in [0, 0.1) is 0 Å². The Labute approximate surface area is 144 Å². The number of carbonyl (C=O) groups excluding carboxylic acids is 1. The Kier molecular flexibility index (Phi) is 6.69. The van der Waals surface area contributed by atoms with E-state index >= 15 is 0 Å². The average molecular weight is 340 g/mol. The topological polar surface area (TPSA) is 44.8 Å². The van der Waals surface area contributed by atoms with Crippen molar-refractivity contribution in [3.05, 3.63) is 29.3 Å². The zero-order chi connectivity index (χ0) is 15.4. The molecular weight excluding hydrogens is 314 g/mol. The largest absolute Gasteiger partial charge is 0.384 e. The quantitative estimate of drug-likeness (QED) is 0.909. The zero-order valence-corrected chi connectivity index (χ0v) is 14.5. The minimum atomic E-state index is 0. The Hall–Kier alpha value is -1.30. The van der Waals surface area contributed by atoms with Gasteiger partial charge in [0, 0.05) is 51.1 Å². The summed E-state index contributed by atoms with van der Waals surface area (Å²) < 4.78 is 5.14. The first kappa shape index (κ1) is 18.0. The highest BCUT2D eigenvalue weighted by Crippen LogP contribution is 2.23. The summed E-state index contributed by atoms with van der Waals surface area (Å²) in [6.07, 6.45) is 2.04. The van der Waals surface area contributed by atoms with E-state index in [-0.39, 0.29) is 18.3 Å². The molecule has 0 spiro atoms. The van der Waals surface area contributed by atoms with Crippen molar-refractivity contribution in [3.8, 4) is 0 Å². The molecule has 3 rings (SSSR count). The van der Waals surface area contributed by atoms with Crippen LogP contribution < -0.4 is 5.32 Å². The molecule has 23 heavy (non-hydrogen) atoms. The van der Waals surface area contributed by atoms with Gasteiger partial charge in [0.05, 0.1) is 6.61 Å². The number of nitrogens with one attached hydrogen (secondary N) is 1. The van der Waals surface area contributed by atoms with Crippen molar-refractivity contribution in [1.29, 1.82) is 0 Å². The SMILES string of the molecule is COCCN1CCCN(C(=O)c2ccc3c(c2)CCN3)CC1.Cl. The Morgan fingerprint density at radius 2 is 2.13 bits per heavy atom. The molecule has 1 saturated heterocycles. The van der Waals surface area contributed by atoms with E-state index in [1.165, 1.54) is 11.3 Å². The van der Waals surface area contributed by atoms with Crippen LogP contribution in [-0.2, 0) is 11.2 Å². The van der Waals surface area contributed by atoms with Crippen LogP contribution in [0.15, 0.2) is 18.2 Å². The van der Waals surface area contributed by atoms with E-state index in [0.29, 0.717) is 0 Å². The molecule has 128 valence electrons. The highest BCUT2D eigenvalue weighted by molar-refractivity contribution is 5.95. The number of rotatable bonds is 4. The molecule has 1 N–H and O–H groups in total. The molecule has 5 nitrogen and oxygen atoms in total. The molecule has 0 aliphatic carbocycles. The number of fused-ring (bicyclic) bond motifs is 1. The lowest BCUT2D eigenvalue weighted by molar-refractivity contribution is 0.0759. The first-order valence-electron chi connectivity index (χ1n) is 8.15. The van der Waals surface area contributed by atoms with Gasteiger partial charge in [-0.2, -0.15) is 0 Å². The van der Waals surface area contributed by atoms with Crippen molar-refractivity contribution in [3.63, 3.8) is 0 Å². The number of benzene rings is 1. The number of anilines is 1. The Bertz CT molecular complexity index is 539. The normalized spacial score (nSPS) is 17.9. The first-order chi connectivity index (χ1) is 10.8. The van der Waals surface area contributed by atoms with Crippen LogP contribution in [0.25, 0.3) is 0 Å². The van der Waals surface area contributed by atoms with Crippen LogP contribution >= 0.6 is 12.4 Å². The van der Waals surface area contributed by atoms with Gasteiger partial charge in [0.1, 0.15) is 0 Å². The number of nitrogens with zero attached hydrogens (tertiary/aromatic N) is 2. The van der Waals surface area contributed by atoms with Crippen LogP contribution in [0.3, 0.4) is 0 Å². The van der Waals surface area contributed by atoms with Crippen molar-refractivity contribution in [2.75, 3.05) is 58.3 Å². The smallest absolute Gasteiger partial charge is 0.253 e. The van der Waals surface area contributed by atoms with Gasteiger partial charge in [0.2, 0.25) is 0 Å². The van der Waals surface area contributed by atoms with Gasteiger partial charge >= 0.3 is 0 Å². The summed E-state index contributed by atoms with van der Waals surface area (Å²) in [5.74, 6) is 0.170. The average Bonchev–Trinajstić information content (AvgIpc) is 2.89. The fourth-order valence-electron chi connectivity index (χ4n) is 3.24. The molecule has 0 bridgehead atoms. The number of halogens is 1. The van der Waals surface area contributed by atoms with E-state index < -0.39 is 0 Å². The fourth-order valence-corrected chi connectivity index (χ4v) is 3.24. The molecule has 0 radical (unpaired) electrons. The molecule has 1 fully saturated rings. The highest BCUT2D eigenvalue weighted by atomic mass is 35.5. The fraction of sp³-hybridized carbons (Fsp3) is 0.588. The summed E-state index contributed by atoms with van der Waals surface area (Å²) in [4.78, 5) is 17.1. The van der Waals surface area contributed by atoms with Crippen LogP contribution in [-0.4, -0.2) is 68.7 Å². The molecule has 2 aliphatic rings. The van der Waals surface area contributed by atoms with Crippen LogP contribution in [0.4, 0.5) is 5.69 Å². The lowest BCUT2D eigenvalue weighted by Crippen LogP contribution is -2.36. The molecule has 2 heterocycles. The summed E-state index contributed by atoms with van der Waals surface area (Å²) in [5.41, 5.74) is 3.27. The van der Waals surface area contributed by atoms with Crippen molar-refractivity contribution in [2.24, 2.45) is 0 Å². The van der Waals surface area contributed by atoms with Crippen molar-refractivity contribution in [1.82, 2.24) is 9.80 Å². The second-order valence-corrected chi connectivity index (χ2v) is 6.03. The molecule has 2 aliphatic heterocycles. The zero-order valence-electron chi connectivity index (χ0n) is 13.7. The number of carbonyl (C=O) groups is 1. The maximum Gasteiger partial charge on any atom is 0.253 e. The third kappa shape index (κ3) is 4.37. The van der Waals surface area contributed by atoms with Gasteiger partial charge in [-0.05, 0) is 43.1 Å². The monoisotopic (exact) mass is 339 g/mol. The molecule has 0 aromatic heterocycles. The summed E-state index contributed by atoms with van der Waals surface area (Å²) in [6.45, 7) is 6.30. The maximum atomic E-state index is 12.7. The number of methoxy groups -OCH3 is 1. The number of hydrogen-bond donors (Lipinski definition) is 1. The Morgan fingerprint density at radius 1 is 1.26 bits per heavy atom. The van der Waals surface area contributed by atoms with E-state index in [1.54, 1.807) is 7.11 Å². The summed E-state index contributed by atoms with van der Waals surface area (Å²) in [5, 5.41) is 3.34. The predicted molar refractivity (Wildman–Crippen MR) is 94.7 cm³/mol. The van der Waals surface area contributed by atoms with Gasteiger partial charge in [-0.25, -0.2) is 0 Å².